The van der Waals surface area contributed by atoms with Gasteiger partial charge in [0.15, 0.2) is 16.6 Å². The van der Waals surface area contributed by atoms with Gasteiger partial charge in [-0.1, -0.05) is 47.2 Å². The SMILES string of the molecule is COc1ccc([C@H]2CC(=O)Nc3nc(N)sc32)cc1OCc1ccccc1Cl. The number of nitrogens with one attached hydrogen (secondary N) is 1. The predicted molar refractivity (Wildman–Crippen MR) is 110 cm³/mol. The number of benzene rings is 2. The van der Waals surface area contributed by atoms with Gasteiger partial charge in [-0.15, -0.1) is 0 Å². The van der Waals surface area contributed by atoms with Crippen LogP contribution in [0.5, 0.6) is 11.5 Å². The van der Waals surface area contributed by atoms with Gasteiger partial charge in [0, 0.05) is 22.9 Å². The topological polar surface area (TPSA) is 86.5 Å². The molecule has 28 heavy (non-hydrogen) atoms. The van der Waals surface area contributed by atoms with Crippen molar-refractivity contribution in [3.05, 3.63) is 63.5 Å². The minimum Gasteiger partial charge on any atom is -0.493 e. The van der Waals surface area contributed by atoms with Gasteiger partial charge >= 0.3 is 0 Å². The summed E-state index contributed by atoms with van der Waals surface area (Å²) in [5, 5.41) is 3.86. The molecule has 0 saturated carbocycles. The molecule has 0 bridgehead atoms. The monoisotopic (exact) mass is 415 g/mol. The van der Waals surface area contributed by atoms with E-state index in [1.807, 2.05) is 42.5 Å². The number of rotatable bonds is 5. The second-order valence-electron chi connectivity index (χ2n) is 6.36. The summed E-state index contributed by atoms with van der Waals surface area (Å²) < 4.78 is 11.4. The number of nitrogens with two attached hydrogens (primary N) is 1. The number of anilines is 2. The number of methoxy groups -OCH3 is 1. The van der Waals surface area contributed by atoms with E-state index >= 15 is 0 Å². The van der Waals surface area contributed by atoms with Gasteiger partial charge in [0.2, 0.25) is 5.91 Å². The van der Waals surface area contributed by atoms with Gasteiger partial charge in [0.05, 0.1) is 12.0 Å². The molecule has 0 spiro atoms. The van der Waals surface area contributed by atoms with Crippen LogP contribution in [0, 0.1) is 0 Å². The number of thiazole rings is 1. The van der Waals surface area contributed by atoms with Crippen molar-refractivity contribution in [2.75, 3.05) is 18.2 Å². The molecule has 2 aromatic carbocycles. The summed E-state index contributed by atoms with van der Waals surface area (Å²) in [4.78, 5) is 17.3. The third kappa shape index (κ3) is 3.63. The van der Waals surface area contributed by atoms with Crippen LogP contribution in [0.3, 0.4) is 0 Å². The molecule has 3 aromatic rings. The molecule has 144 valence electrons. The number of halogens is 1. The number of carbonyl (C=O) groups is 1. The Morgan fingerprint density at radius 1 is 1.29 bits per heavy atom. The van der Waals surface area contributed by atoms with Crippen molar-refractivity contribution >= 4 is 39.8 Å². The van der Waals surface area contributed by atoms with E-state index in [0.29, 0.717) is 40.5 Å². The Hall–Kier alpha value is -2.77. The highest BCUT2D eigenvalue weighted by Gasteiger charge is 2.30. The molecule has 0 saturated heterocycles. The second kappa shape index (κ2) is 7.69. The van der Waals surface area contributed by atoms with Crippen molar-refractivity contribution in [2.24, 2.45) is 0 Å². The summed E-state index contributed by atoms with van der Waals surface area (Å²) in [6.45, 7) is 0.309. The van der Waals surface area contributed by atoms with Crippen LogP contribution in [-0.2, 0) is 11.4 Å². The maximum absolute atomic E-state index is 12.1. The normalized spacial score (nSPS) is 15.6. The lowest BCUT2D eigenvalue weighted by molar-refractivity contribution is -0.116. The summed E-state index contributed by atoms with van der Waals surface area (Å²) in [6, 6.07) is 13.2. The summed E-state index contributed by atoms with van der Waals surface area (Å²) in [7, 11) is 1.59. The van der Waals surface area contributed by atoms with Crippen molar-refractivity contribution in [1.82, 2.24) is 4.98 Å². The van der Waals surface area contributed by atoms with Crippen molar-refractivity contribution in [3.8, 4) is 11.5 Å². The van der Waals surface area contributed by atoms with Crippen molar-refractivity contribution in [3.63, 3.8) is 0 Å². The fourth-order valence-electron chi connectivity index (χ4n) is 3.20. The van der Waals surface area contributed by atoms with Crippen LogP contribution in [0.2, 0.25) is 5.02 Å². The van der Waals surface area contributed by atoms with Gasteiger partial charge in [-0.2, -0.15) is 0 Å². The molecule has 0 aliphatic carbocycles. The lowest BCUT2D eigenvalue weighted by Crippen LogP contribution is -2.22. The second-order valence-corrected chi connectivity index (χ2v) is 7.83. The van der Waals surface area contributed by atoms with Crippen LogP contribution in [0.15, 0.2) is 42.5 Å². The molecule has 0 unspecified atom stereocenters. The zero-order valence-corrected chi connectivity index (χ0v) is 16.6. The number of hydrogen-bond donors (Lipinski definition) is 2. The number of hydrogen-bond acceptors (Lipinski definition) is 6. The molecule has 8 heteroatoms. The van der Waals surface area contributed by atoms with Crippen LogP contribution in [0.4, 0.5) is 10.9 Å². The van der Waals surface area contributed by atoms with Gasteiger partial charge in [-0.25, -0.2) is 4.98 Å². The number of fused-ring (bicyclic) bond motifs is 1. The number of nitrogens with zero attached hydrogens (tertiary/aromatic N) is 1. The third-order valence-corrected chi connectivity index (χ3v) is 5.93. The molecular formula is C20H18ClN3O3S. The van der Waals surface area contributed by atoms with E-state index in [1.54, 1.807) is 7.11 Å². The third-order valence-electron chi connectivity index (χ3n) is 4.56. The lowest BCUT2D eigenvalue weighted by atomic mass is 9.91. The summed E-state index contributed by atoms with van der Waals surface area (Å²) in [5.74, 6) is 1.52. The highest BCUT2D eigenvalue weighted by Crippen LogP contribution is 2.43. The molecule has 3 N–H and O–H groups in total. The first-order valence-corrected chi connectivity index (χ1v) is 9.84. The highest BCUT2D eigenvalue weighted by atomic mass is 35.5. The van der Waals surface area contributed by atoms with Crippen molar-refractivity contribution in [1.29, 1.82) is 0 Å². The molecule has 4 rings (SSSR count). The quantitative estimate of drug-likeness (QED) is 0.643. The summed E-state index contributed by atoms with van der Waals surface area (Å²) in [5.41, 5.74) is 7.67. The molecule has 1 aliphatic rings. The largest absolute Gasteiger partial charge is 0.493 e. The fourth-order valence-corrected chi connectivity index (χ4v) is 4.31. The number of carbonyl (C=O) groups excluding carboxylic acids is 1. The van der Waals surface area contributed by atoms with Crippen LogP contribution in [0.25, 0.3) is 0 Å². The van der Waals surface area contributed by atoms with Crippen LogP contribution >= 0.6 is 22.9 Å². The minimum atomic E-state index is -0.132. The standard InChI is InChI=1S/C20H18ClN3O3S/c1-26-15-7-6-11(8-16(15)27-10-12-4-2-3-5-14(12)21)13-9-17(25)23-19-18(13)28-20(22)24-19/h2-8,13H,9-10H2,1H3,(H2,22,24)(H,23,25)/t13-/m1/s1. The Balaban J connectivity index is 1.65. The first kappa shape index (κ1) is 18.6. The molecule has 1 atom stereocenters. The fraction of sp³-hybridized carbons (Fsp3) is 0.200. The average Bonchev–Trinajstić information content (AvgIpc) is 3.06. The first-order chi connectivity index (χ1) is 13.5. The lowest BCUT2D eigenvalue weighted by Gasteiger charge is -2.22. The Morgan fingerprint density at radius 3 is 2.89 bits per heavy atom. The van der Waals surface area contributed by atoms with Crippen molar-refractivity contribution < 1.29 is 14.3 Å². The summed E-state index contributed by atoms with van der Waals surface area (Å²) in [6.07, 6.45) is 0.324. The van der Waals surface area contributed by atoms with E-state index in [1.165, 1.54) is 11.3 Å². The number of aromatic nitrogens is 1. The van der Waals surface area contributed by atoms with Gasteiger partial charge < -0.3 is 20.5 Å². The maximum Gasteiger partial charge on any atom is 0.226 e. The Bertz CT molecular complexity index is 1040. The van der Waals surface area contributed by atoms with Gasteiger partial charge in [0.1, 0.15) is 12.4 Å². The first-order valence-electron chi connectivity index (χ1n) is 8.65. The van der Waals surface area contributed by atoms with E-state index in [4.69, 9.17) is 26.8 Å². The van der Waals surface area contributed by atoms with E-state index in [-0.39, 0.29) is 11.8 Å². The number of amides is 1. The smallest absolute Gasteiger partial charge is 0.226 e. The molecule has 2 heterocycles. The molecule has 6 nitrogen and oxygen atoms in total. The molecule has 0 radical (unpaired) electrons. The van der Waals surface area contributed by atoms with Gasteiger partial charge in [-0.3, -0.25) is 4.79 Å². The maximum atomic E-state index is 12.1. The molecule has 1 aliphatic heterocycles. The van der Waals surface area contributed by atoms with Crippen molar-refractivity contribution in [2.45, 2.75) is 18.9 Å². The zero-order valence-electron chi connectivity index (χ0n) is 15.1. The van der Waals surface area contributed by atoms with E-state index in [0.717, 1.165) is 16.0 Å². The number of nitrogen functional groups attached to an aromatic ring is 1. The Labute approximate surface area is 171 Å². The van der Waals surface area contributed by atoms with E-state index in [9.17, 15) is 4.79 Å². The number of ether oxygens (including phenoxy) is 2. The van der Waals surface area contributed by atoms with E-state index in [2.05, 4.69) is 10.3 Å². The predicted octanol–water partition coefficient (Wildman–Crippen LogP) is 4.44. The highest BCUT2D eigenvalue weighted by molar-refractivity contribution is 7.16. The Kier molecular flexibility index (Phi) is 5.11. The van der Waals surface area contributed by atoms with E-state index < -0.39 is 0 Å². The van der Waals surface area contributed by atoms with Gasteiger partial charge in [-0.05, 0) is 23.8 Å². The van der Waals surface area contributed by atoms with Crippen LogP contribution in [0.1, 0.15) is 28.3 Å². The molecule has 1 amide bonds. The van der Waals surface area contributed by atoms with Crippen LogP contribution in [-0.4, -0.2) is 18.0 Å². The minimum absolute atomic E-state index is 0.0860. The van der Waals surface area contributed by atoms with Gasteiger partial charge in [0.25, 0.3) is 0 Å². The molecular weight excluding hydrogens is 398 g/mol. The Morgan fingerprint density at radius 2 is 2.11 bits per heavy atom. The average molecular weight is 416 g/mol. The van der Waals surface area contributed by atoms with Crippen LogP contribution < -0.4 is 20.5 Å². The summed E-state index contributed by atoms with van der Waals surface area (Å²) >= 11 is 7.60. The molecule has 0 fully saturated rings. The molecule has 1 aromatic heterocycles. The zero-order chi connectivity index (χ0) is 19.7.